The molecule has 25 heavy (non-hydrogen) atoms. The van der Waals surface area contributed by atoms with Crippen LogP contribution in [0.4, 0.5) is 11.4 Å². The Bertz CT molecular complexity index is 787. The van der Waals surface area contributed by atoms with E-state index in [9.17, 15) is 9.59 Å². The van der Waals surface area contributed by atoms with Crippen molar-refractivity contribution in [3.8, 4) is 6.07 Å². The first-order chi connectivity index (χ1) is 12.1. The zero-order valence-electron chi connectivity index (χ0n) is 14.4. The molecule has 0 saturated heterocycles. The Balaban J connectivity index is 2.05. The highest BCUT2D eigenvalue weighted by atomic mass is 16.2. The molecular weight excluding hydrogens is 314 g/mol. The number of anilines is 2. The van der Waals surface area contributed by atoms with E-state index in [0.717, 1.165) is 12.8 Å². The van der Waals surface area contributed by atoms with Gasteiger partial charge in [0, 0.05) is 17.2 Å². The predicted molar refractivity (Wildman–Crippen MR) is 98.3 cm³/mol. The minimum Gasteiger partial charge on any atom is -0.326 e. The van der Waals surface area contributed by atoms with E-state index in [2.05, 4.69) is 10.6 Å². The molecule has 2 N–H and O–H groups in total. The van der Waals surface area contributed by atoms with Crippen LogP contribution < -0.4 is 10.6 Å². The highest BCUT2D eigenvalue weighted by Crippen LogP contribution is 2.17. The van der Waals surface area contributed by atoms with Crippen LogP contribution in [0.15, 0.2) is 48.5 Å². The van der Waals surface area contributed by atoms with Crippen LogP contribution in [0.5, 0.6) is 0 Å². The summed E-state index contributed by atoms with van der Waals surface area (Å²) in [6.45, 7) is 3.97. The van der Waals surface area contributed by atoms with Crippen molar-refractivity contribution < 1.29 is 9.59 Å². The standard InChI is InChI=1S/C20H21N3O2/c1-3-14(4-2)19(24)22-17-11-9-15(10-12-17)20(25)23-18-8-6-5-7-16(18)13-21/h5-12,14H,3-4H2,1-2H3,(H,22,24)(H,23,25). The number of nitrogens with one attached hydrogen (secondary N) is 2. The molecule has 0 radical (unpaired) electrons. The number of nitriles is 1. The summed E-state index contributed by atoms with van der Waals surface area (Å²) < 4.78 is 0. The first-order valence-electron chi connectivity index (χ1n) is 8.30. The Labute approximate surface area is 147 Å². The van der Waals surface area contributed by atoms with E-state index in [0.29, 0.717) is 22.5 Å². The molecule has 0 fully saturated rings. The number of carbonyl (C=O) groups excluding carboxylic acids is 2. The Morgan fingerprint density at radius 3 is 2.24 bits per heavy atom. The molecule has 0 atom stereocenters. The van der Waals surface area contributed by atoms with E-state index < -0.39 is 0 Å². The SMILES string of the molecule is CCC(CC)C(=O)Nc1ccc(C(=O)Nc2ccccc2C#N)cc1. The van der Waals surface area contributed by atoms with Crippen LogP contribution >= 0.6 is 0 Å². The number of hydrogen-bond acceptors (Lipinski definition) is 3. The molecule has 0 heterocycles. The number of carbonyl (C=O) groups is 2. The number of benzene rings is 2. The van der Waals surface area contributed by atoms with Crippen LogP contribution in [0.25, 0.3) is 0 Å². The van der Waals surface area contributed by atoms with Crippen LogP contribution in [-0.4, -0.2) is 11.8 Å². The van der Waals surface area contributed by atoms with Crippen LogP contribution in [0.1, 0.15) is 42.6 Å². The van der Waals surface area contributed by atoms with Gasteiger partial charge in [-0.25, -0.2) is 0 Å². The lowest BCUT2D eigenvalue weighted by molar-refractivity contribution is -0.120. The summed E-state index contributed by atoms with van der Waals surface area (Å²) in [6.07, 6.45) is 1.59. The molecule has 2 amide bonds. The van der Waals surface area contributed by atoms with E-state index in [4.69, 9.17) is 5.26 Å². The van der Waals surface area contributed by atoms with Gasteiger partial charge in [0.25, 0.3) is 5.91 Å². The Morgan fingerprint density at radius 1 is 1.00 bits per heavy atom. The second-order valence-corrected chi connectivity index (χ2v) is 5.69. The number of amides is 2. The second kappa shape index (κ2) is 8.65. The Kier molecular flexibility index (Phi) is 6.30. The van der Waals surface area contributed by atoms with E-state index in [1.165, 1.54) is 0 Å². The number of para-hydroxylation sites is 1. The third kappa shape index (κ3) is 4.67. The molecule has 0 aromatic heterocycles. The zero-order valence-corrected chi connectivity index (χ0v) is 14.4. The lowest BCUT2D eigenvalue weighted by atomic mass is 10.0. The fourth-order valence-corrected chi connectivity index (χ4v) is 2.49. The Morgan fingerprint density at radius 2 is 1.64 bits per heavy atom. The lowest BCUT2D eigenvalue weighted by Crippen LogP contribution is -2.21. The van der Waals surface area contributed by atoms with Crippen molar-refractivity contribution in [2.24, 2.45) is 5.92 Å². The highest BCUT2D eigenvalue weighted by Gasteiger charge is 2.14. The predicted octanol–water partition coefficient (Wildman–Crippen LogP) is 4.19. The van der Waals surface area contributed by atoms with Gasteiger partial charge in [0.2, 0.25) is 5.91 Å². The average molecular weight is 335 g/mol. The van der Waals surface area contributed by atoms with Gasteiger partial charge in [-0.2, -0.15) is 5.26 Å². The minimum absolute atomic E-state index is 0.00883. The number of hydrogen-bond donors (Lipinski definition) is 2. The van der Waals surface area contributed by atoms with Crippen molar-refractivity contribution in [1.29, 1.82) is 5.26 Å². The molecule has 0 aliphatic heterocycles. The molecule has 0 unspecified atom stereocenters. The Hall–Kier alpha value is -3.13. The fraction of sp³-hybridized carbons (Fsp3) is 0.250. The molecule has 0 aliphatic rings. The minimum atomic E-state index is -0.305. The molecule has 5 heteroatoms. The van der Waals surface area contributed by atoms with Crippen molar-refractivity contribution in [3.05, 3.63) is 59.7 Å². The molecule has 0 saturated carbocycles. The summed E-state index contributed by atoms with van der Waals surface area (Å²) in [6, 6.07) is 15.6. The number of nitrogens with zero attached hydrogens (tertiary/aromatic N) is 1. The third-order valence-corrected chi connectivity index (χ3v) is 4.07. The first-order valence-corrected chi connectivity index (χ1v) is 8.30. The third-order valence-electron chi connectivity index (χ3n) is 4.07. The van der Waals surface area contributed by atoms with Crippen molar-refractivity contribution in [3.63, 3.8) is 0 Å². The summed E-state index contributed by atoms with van der Waals surface area (Å²) in [5.41, 5.74) is 1.99. The fourth-order valence-electron chi connectivity index (χ4n) is 2.49. The van der Waals surface area contributed by atoms with E-state index >= 15 is 0 Å². The molecule has 5 nitrogen and oxygen atoms in total. The van der Waals surface area contributed by atoms with Crippen molar-refractivity contribution in [1.82, 2.24) is 0 Å². The largest absolute Gasteiger partial charge is 0.326 e. The van der Waals surface area contributed by atoms with Gasteiger partial charge >= 0.3 is 0 Å². The monoisotopic (exact) mass is 335 g/mol. The molecule has 0 bridgehead atoms. The second-order valence-electron chi connectivity index (χ2n) is 5.69. The molecule has 2 aromatic rings. The van der Waals surface area contributed by atoms with Crippen LogP contribution in [0.3, 0.4) is 0 Å². The van der Waals surface area contributed by atoms with E-state index in [1.54, 1.807) is 48.5 Å². The first kappa shape index (κ1) is 18.2. The number of rotatable bonds is 6. The molecular formula is C20H21N3O2. The average Bonchev–Trinajstić information content (AvgIpc) is 2.63. The maximum absolute atomic E-state index is 12.3. The van der Waals surface area contributed by atoms with Crippen molar-refractivity contribution in [2.75, 3.05) is 10.6 Å². The van der Waals surface area contributed by atoms with Gasteiger partial charge in [0.05, 0.1) is 11.3 Å². The van der Waals surface area contributed by atoms with Gasteiger partial charge in [0.1, 0.15) is 6.07 Å². The van der Waals surface area contributed by atoms with Gasteiger partial charge in [-0.15, -0.1) is 0 Å². The van der Waals surface area contributed by atoms with Gasteiger partial charge < -0.3 is 10.6 Å². The van der Waals surface area contributed by atoms with Gasteiger partial charge in [-0.3, -0.25) is 9.59 Å². The van der Waals surface area contributed by atoms with Gasteiger partial charge in [-0.05, 0) is 49.2 Å². The normalized spacial score (nSPS) is 10.2. The van der Waals surface area contributed by atoms with Gasteiger partial charge in [-0.1, -0.05) is 26.0 Å². The van der Waals surface area contributed by atoms with E-state index in [1.807, 2.05) is 19.9 Å². The van der Waals surface area contributed by atoms with Crippen LogP contribution in [-0.2, 0) is 4.79 Å². The summed E-state index contributed by atoms with van der Waals surface area (Å²) in [5, 5.41) is 14.7. The molecule has 0 spiro atoms. The molecule has 2 rings (SSSR count). The quantitative estimate of drug-likeness (QED) is 0.830. The molecule has 0 aliphatic carbocycles. The van der Waals surface area contributed by atoms with Crippen LogP contribution in [0.2, 0.25) is 0 Å². The maximum Gasteiger partial charge on any atom is 0.255 e. The summed E-state index contributed by atoms with van der Waals surface area (Å²) >= 11 is 0. The topological polar surface area (TPSA) is 82.0 Å². The smallest absolute Gasteiger partial charge is 0.255 e. The maximum atomic E-state index is 12.3. The summed E-state index contributed by atoms with van der Waals surface area (Å²) in [7, 11) is 0. The molecule has 2 aromatic carbocycles. The highest BCUT2D eigenvalue weighted by molar-refractivity contribution is 6.05. The zero-order chi connectivity index (χ0) is 18.2. The summed E-state index contributed by atoms with van der Waals surface area (Å²) in [4.78, 5) is 24.4. The van der Waals surface area contributed by atoms with Crippen molar-refractivity contribution in [2.45, 2.75) is 26.7 Å². The lowest BCUT2D eigenvalue weighted by Gasteiger charge is -2.13. The summed E-state index contributed by atoms with van der Waals surface area (Å²) in [5.74, 6) is -0.323. The molecule has 128 valence electrons. The van der Waals surface area contributed by atoms with Crippen LogP contribution in [0, 0.1) is 17.2 Å². The van der Waals surface area contributed by atoms with E-state index in [-0.39, 0.29) is 17.7 Å². The van der Waals surface area contributed by atoms with Gasteiger partial charge in [0.15, 0.2) is 0 Å². The van der Waals surface area contributed by atoms with Crippen molar-refractivity contribution >= 4 is 23.2 Å².